The Balaban J connectivity index is 1.86. The van der Waals surface area contributed by atoms with E-state index in [0.29, 0.717) is 12.3 Å². The Morgan fingerprint density at radius 2 is 1.88 bits per heavy atom. The van der Waals surface area contributed by atoms with Gasteiger partial charge in [-0.25, -0.2) is 0 Å². The van der Waals surface area contributed by atoms with Crippen molar-refractivity contribution < 1.29 is 4.79 Å². The van der Waals surface area contributed by atoms with E-state index in [4.69, 9.17) is 5.73 Å². The van der Waals surface area contributed by atoms with Crippen LogP contribution in [0.25, 0.3) is 0 Å². The maximum absolute atomic E-state index is 12.9. The zero-order valence-corrected chi connectivity index (χ0v) is 14.8. The fourth-order valence-corrected chi connectivity index (χ4v) is 3.28. The first-order valence-corrected chi connectivity index (χ1v) is 8.57. The van der Waals surface area contributed by atoms with Crippen molar-refractivity contribution in [2.45, 2.75) is 19.4 Å². The molecular formula is C21H22N4O. The molecule has 0 aliphatic carbocycles. The fraction of sp³-hybridized carbons (Fsp3) is 0.190. The third-order valence-electron chi connectivity index (χ3n) is 4.64. The predicted molar refractivity (Wildman–Crippen MR) is 105 cm³/mol. The van der Waals surface area contributed by atoms with Crippen molar-refractivity contribution in [3.05, 3.63) is 83.1 Å². The van der Waals surface area contributed by atoms with Crippen molar-refractivity contribution in [3.8, 4) is 0 Å². The molecule has 5 nitrogen and oxygen atoms in total. The molecule has 1 heterocycles. The van der Waals surface area contributed by atoms with Crippen LogP contribution in [0.5, 0.6) is 0 Å². The molecule has 1 aliphatic heterocycles. The molecule has 0 saturated carbocycles. The Bertz CT molecular complexity index is 871. The van der Waals surface area contributed by atoms with Crippen LogP contribution in [-0.2, 0) is 11.2 Å². The van der Waals surface area contributed by atoms with Crippen LogP contribution >= 0.6 is 0 Å². The Kier molecular flexibility index (Phi) is 5.27. The zero-order chi connectivity index (χ0) is 18.5. The number of fused-ring (bicyclic) bond motifs is 1. The van der Waals surface area contributed by atoms with Gasteiger partial charge in [-0.05, 0) is 30.5 Å². The van der Waals surface area contributed by atoms with Crippen LogP contribution in [0.2, 0.25) is 0 Å². The second-order valence-corrected chi connectivity index (χ2v) is 6.22. The first kappa shape index (κ1) is 17.6. The minimum Gasteiger partial charge on any atom is -0.394 e. The average Bonchev–Trinajstić information content (AvgIpc) is 2.68. The molecular weight excluding hydrogens is 324 g/mol. The molecule has 132 valence electrons. The van der Waals surface area contributed by atoms with Crippen molar-refractivity contribution in [1.82, 2.24) is 4.90 Å². The summed E-state index contributed by atoms with van der Waals surface area (Å²) in [5.74, 6) is -0.195. The number of carbonyl (C=O) groups excluding carboxylic acids is 1. The number of nitrogens with two attached hydrogens (primary N) is 1. The number of allylic oxidation sites excluding steroid dienone is 1. The number of nitrogens with zero attached hydrogens (tertiary/aromatic N) is 3. The normalized spacial score (nSPS) is 17.6. The molecule has 26 heavy (non-hydrogen) atoms. The van der Waals surface area contributed by atoms with E-state index in [1.807, 2.05) is 49.4 Å². The van der Waals surface area contributed by atoms with E-state index in [9.17, 15) is 4.79 Å². The number of hydrogen-bond acceptors (Lipinski definition) is 4. The quantitative estimate of drug-likeness (QED) is 0.525. The van der Waals surface area contributed by atoms with Gasteiger partial charge in [-0.2, -0.15) is 10.2 Å². The third kappa shape index (κ3) is 3.57. The lowest BCUT2D eigenvalue weighted by Crippen LogP contribution is -2.41. The Hall–Kier alpha value is -3.21. The topological polar surface area (TPSA) is 71.0 Å². The molecule has 3 rings (SSSR count). The molecule has 1 aliphatic rings. The van der Waals surface area contributed by atoms with Crippen molar-refractivity contribution in [2.75, 3.05) is 6.54 Å². The molecule has 0 fully saturated rings. The molecule has 0 spiro atoms. The second kappa shape index (κ2) is 7.78. The number of benzene rings is 2. The van der Waals surface area contributed by atoms with E-state index >= 15 is 0 Å². The van der Waals surface area contributed by atoms with Gasteiger partial charge < -0.3 is 10.6 Å². The first-order valence-electron chi connectivity index (χ1n) is 8.57. The molecule has 0 unspecified atom stereocenters. The summed E-state index contributed by atoms with van der Waals surface area (Å²) in [5.41, 5.74) is 10.1. The smallest absolute Gasteiger partial charge is 0.270 e. The van der Waals surface area contributed by atoms with Crippen molar-refractivity contribution >= 4 is 18.3 Å². The van der Waals surface area contributed by atoms with E-state index in [1.54, 1.807) is 11.0 Å². The second-order valence-electron chi connectivity index (χ2n) is 6.22. The summed E-state index contributed by atoms with van der Waals surface area (Å²) in [7, 11) is 0. The highest BCUT2D eigenvalue weighted by atomic mass is 16.2. The highest BCUT2D eigenvalue weighted by Crippen LogP contribution is 2.29. The average molecular weight is 346 g/mol. The van der Waals surface area contributed by atoms with Crippen LogP contribution in [-0.4, -0.2) is 29.8 Å². The van der Waals surface area contributed by atoms with Crippen LogP contribution in [0, 0.1) is 0 Å². The Labute approximate surface area is 153 Å². The third-order valence-corrected chi connectivity index (χ3v) is 4.64. The Morgan fingerprint density at radius 1 is 1.19 bits per heavy atom. The SMILES string of the molecule is C=NN=C(C=C(N)C(=O)N1CCc2ccccc2[C@H]1C)c1ccccc1. The van der Waals surface area contributed by atoms with Gasteiger partial charge in [0.05, 0.1) is 17.5 Å². The van der Waals surface area contributed by atoms with Gasteiger partial charge in [0.15, 0.2) is 0 Å². The standard InChI is InChI=1S/C21H22N4O/c1-15-18-11-7-6-8-16(18)12-13-25(15)21(26)19(22)14-20(24-23-2)17-9-4-3-5-10-17/h3-11,14-15H,2,12-13,22H2,1H3/t15-/m1/s1. The largest absolute Gasteiger partial charge is 0.394 e. The van der Waals surface area contributed by atoms with Crippen LogP contribution in [0.1, 0.15) is 29.7 Å². The van der Waals surface area contributed by atoms with E-state index in [0.717, 1.165) is 12.0 Å². The zero-order valence-electron chi connectivity index (χ0n) is 14.8. The minimum atomic E-state index is -0.195. The van der Waals surface area contributed by atoms with Gasteiger partial charge in [-0.1, -0.05) is 54.6 Å². The first-order chi connectivity index (χ1) is 12.6. The fourth-order valence-electron chi connectivity index (χ4n) is 3.28. The maximum Gasteiger partial charge on any atom is 0.270 e. The van der Waals surface area contributed by atoms with Gasteiger partial charge in [-0.15, -0.1) is 0 Å². The van der Waals surface area contributed by atoms with Gasteiger partial charge in [0.1, 0.15) is 0 Å². The van der Waals surface area contributed by atoms with Crippen molar-refractivity contribution in [1.29, 1.82) is 0 Å². The molecule has 2 aromatic rings. The number of amides is 1. The molecule has 1 atom stereocenters. The molecule has 0 radical (unpaired) electrons. The molecule has 2 aromatic carbocycles. The predicted octanol–water partition coefficient (Wildman–Crippen LogP) is 3.08. The monoisotopic (exact) mass is 346 g/mol. The number of rotatable bonds is 4. The van der Waals surface area contributed by atoms with Crippen LogP contribution < -0.4 is 5.73 Å². The number of hydrogen-bond donors (Lipinski definition) is 1. The van der Waals surface area contributed by atoms with Gasteiger partial charge in [0.2, 0.25) is 0 Å². The molecule has 0 bridgehead atoms. The Morgan fingerprint density at radius 3 is 2.62 bits per heavy atom. The molecule has 0 saturated heterocycles. The summed E-state index contributed by atoms with van der Waals surface area (Å²) in [4.78, 5) is 14.7. The van der Waals surface area contributed by atoms with Gasteiger partial charge in [0, 0.05) is 18.8 Å². The van der Waals surface area contributed by atoms with Crippen LogP contribution in [0.15, 0.2) is 76.6 Å². The van der Waals surface area contributed by atoms with Crippen molar-refractivity contribution in [2.24, 2.45) is 15.9 Å². The van der Waals surface area contributed by atoms with Gasteiger partial charge in [-0.3, -0.25) is 4.79 Å². The van der Waals surface area contributed by atoms with Gasteiger partial charge in [0.25, 0.3) is 5.91 Å². The number of carbonyl (C=O) groups is 1. The summed E-state index contributed by atoms with van der Waals surface area (Å²) >= 11 is 0. The van der Waals surface area contributed by atoms with E-state index in [-0.39, 0.29) is 17.6 Å². The van der Waals surface area contributed by atoms with Gasteiger partial charge >= 0.3 is 0 Å². The van der Waals surface area contributed by atoms with Crippen LogP contribution in [0.3, 0.4) is 0 Å². The summed E-state index contributed by atoms with van der Waals surface area (Å²) in [6.07, 6.45) is 2.40. The molecule has 5 heteroatoms. The molecule has 0 aromatic heterocycles. The van der Waals surface area contributed by atoms with Crippen molar-refractivity contribution in [3.63, 3.8) is 0 Å². The lowest BCUT2D eigenvalue weighted by atomic mass is 9.93. The highest BCUT2D eigenvalue weighted by Gasteiger charge is 2.28. The van der Waals surface area contributed by atoms with Crippen LogP contribution in [0.4, 0.5) is 0 Å². The van der Waals surface area contributed by atoms with E-state index in [1.165, 1.54) is 11.1 Å². The van der Waals surface area contributed by atoms with E-state index < -0.39 is 0 Å². The lowest BCUT2D eigenvalue weighted by Gasteiger charge is -2.35. The maximum atomic E-state index is 12.9. The van der Waals surface area contributed by atoms with E-state index in [2.05, 4.69) is 29.1 Å². The summed E-state index contributed by atoms with van der Waals surface area (Å²) < 4.78 is 0. The minimum absolute atomic E-state index is 0.0194. The summed E-state index contributed by atoms with van der Waals surface area (Å²) in [6.45, 7) is 6.07. The molecule has 1 amide bonds. The molecule has 2 N–H and O–H groups in total. The highest BCUT2D eigenvalue weighted by molar-refractivity contribution is 6.12. The lowest BCUT2D eigenvalue weighted by molar-refractivity contribution is -0.129. The summed E-state index contributed by atoms with van der Waals surface area (Å²) in [5, 5.41) is 7.62. The summed E-state index contributed by atoms with van der Waals surface area (Å²) in [6, 6.07) is 17.7.